The Balaban J connectivity index is 1.67. The summed E-state index contributed by atoms with van der Waals surface area (Å²) in [4.78, 5) is 24.9. The monoisotopic (exact) mass is 378 g/mol. The van der Waals surface area contributed by atoms with Crippen LogP contribution in [0.4, 0.5) is 0 Å². The molecule has 4 aliphatic rings. The number of rotatable bonds is 3. The number of carbonyl (C=O) groups is 2. The number of allylic oxidation sites excluding steroid dienone is 1. The Labute approximate surface area is 158 Å². The number of fused-ring (bicyclic) bond motifs is 2. The molecule has 0 aromatic carbocycles. The van der Waals surface area contributed by atoms with Crippen molar-refractivity contribution in [2.45, 2.75) is 75.7 Å². The molecule has 0 unspecified atom stereocenters. The molecule has 3 saturated heterocycles. The van der Waals surface area contributed by atoms with E-state index in [1.807, 2.05) is 13.0 Å². The van der Waals surface area contributed by atoms with Gasteiger partial charge in [0.25, 0.3) is 0 Å². The number of aliphatic hydroxyl groups excluding tert-OH is 1. The van der Waals surface area contributed by atoms with Gasteiger partial charge in [-0.05, 0) is 39.7 Å². The van der Waals surface area contributed by atoms with Crippen LogP contribution in [0.5, 0.6) is 0 Å². The first kappa shape index (κ1) is 18.7. The summed E-state index contributed by atoms with van der Waals surface area (Å²) >= 11 is 0. The van der Waals surface area contributed by atoms with Crippen molar-refractivity contribution >= 4 is 11.9 Å². The molecule has 1 N–H and O–H groups in total. The van der Waals surface area contributed by atoms with Crippen LogP contribution in [0.3, 0.4) is 0 Å². The first-order valence-electron chi connectivity index (χ1n) is 9.45. The van der Waals surface area contributed by atoms with Crippen LogP contribution >= 0.6 is 0 Å². The summed E-state index contributed by atoms with van der Waals surface area (Å²) in [5.74, 6) is -1.47. The average Bonchev–Trinajstić information content (AvgIpc) is 3.45. The molecule has 4 rings (SSSR count). The third kappa shape index (κ3) is 3.02. The predicted molar refractivity (Wildman–Crippen MR) is 93.6 cm³/mol. The standard InChI is InChI=1S/C20H26O7/c1-10-5-6-15-20(9-21,27-15)8-14(25-18(23)19(4)12(3)26-19)16-11(2)17(22)24-13(16)7-10/h7,12-16,21H,2,5-6,8-9H2,1,3-4H3/b10-7+/t12-,13-,14-,15-,16+,19+,20+/m1/s1. The van der Waals surface area contributed by atoms with E-state index in [1.165, 1.54) is 0 Å². The third-order valence-electron chi connectivity index (χ3n) is 6.44. The Morgan fingerprint density at radius 2 is 2.15 bits per heavy atom. The minimum atomic E-state index is -0.975. The van der Waals surface area contributed by atoms with Gasteiger partial charge >= 0.3 is 11.9 Å². The molecule has 148 valence electrons. The molecule has 0 bridgehead atoms. The first-order chi connectivity index (χ1) is 12.7. The lowest BCUT2D eigenvalue weighted by Crippen LogP contribution is -2.41. The molecule has 3 heterocycles. The summed E-state index contributed by atoms with van der Waals surface area (Å²) in [6.07, 6.45) is 2.18. The van der Waals surface area contributed by atoms with E-state index in [4.69, 9.17) is 18.9 Å². The van der Waals surface area contributed by atoms with Crippen molar-refractivity contribution in [1.82, 2.24) is 0 Å². The molecule has 0 radical (unpaired) electrons. The fourth-order valence-electron chi connectivity index (χ4n) is 4.24. The second kappa shape index (κ2) is 6.15. The topological polar surface area (TPSA) is 97.9 Å². The SMILES string of the molecule is C=C1C(=O)O[C@@H]2/C=C(\C)CC[C@H]3O[C@]3(CO)C[C@@H](OC(=O)[C@@]3(C)O[C@@H]3C)[C@@H]12. The lowest BCUT2D eigenvalue weighted by Gasteiger charge is -2.29. The highest BCUT2D eigenvalue weighted by atomic mass is 16.7. The molecule has 27 heavy (non-hydrogen) atoms. The smallest absolute Gasteiger partial charge is 0.341 e. The van der Waals surface area contributed by atoms with Gasteiger partial charge in [-0.1, -0.05) is 12.2 Å². The van der Waals surface area contributed by atoms with Gasteiger partial charge in [0.05, 0.1) is 24.7 Å². The number of aliphatic hydroxyl groups is 1. The van der Waals surface area contributed by atoms with Crippen LogP contribution in [-0.4, -0.2) is 59.3 Å². The van der Waals surface area contributed by atoms with Gasteiger partial charge in [0.15, 0.2) is 5.60 Å². The molecule has 3 fully saturated rings. The van der Waals surface area contributed by atoms with E-state index in [1.54, 1.807) is 13.8 Å². The summed E-state index contributed by atoms with van der Waals surface area (Å²) < 4.78 is 22.5. The maximum Gasteiger partial charge on any atom is 0.341 e. The molecule has 0 spiro atoms. The molecular formula is C20H26O7. The van der Waals surface area contributed by atoms with Crippen LogP contribution < -0.4 is 0 Å². The number of carbonyl (C=O) groups excluding carboxylic acids is 2. The Morgan fingerprint density at radius 3 is 2.78 bits per heavy atom. The highest BCUT2D eigenvalue weighted by Gasteiger charge is 2.62. The first-order valence-corrected chi connectivity index (χ1v) is 9.45. The molecule has 7 atom stereocenters. The summed E-state index contributed by atoms with van der Waals surface area (Å²) in [7, 11) is 0. The van der Waals surface area contributed by atoms with E-state index in [-0.39, 0.29) is 30.8 Å². The summed E-state index contributed by atoms with van der Waals surface area (Å²) in [6.45, 7) is 9.17. The van der Waals surface area contributed by atoms with Gasteiger partial charge in [-0.15, -0.1) is 0 Å². The Kier molecular flexibility index (Phi) is 4.25. The van der Waals surface area contributed by atoms with Gasteiger partial charge in [-0.3, -0.25) is 0 Å². The van der Waals surface area contributed by atoms with Crippen LogP contribution in [0, 0.1) is 5.92 Å². The average molecular weight is 378 g/mol. The number of esters is 2. The summed E-state index contributed by atoms with van der Waals surface area (Å²) in [5.41, 5.74) is -0.386. The summed E-state index contributed by atoms with van der Waals surface area (Å²) in [5, 5.41) is 9.94. The Bertz CT molecular complexity index is 728. The zero-order valence-electron chi connectivity index (χ0n) is 15.9. The van der Waals surface area contributed by atoms with Gasteiger partial charge in [-0.2, -0.15) is 0 Å². The van der Waals surface area contributed by atoms with Gasteiger partial charge in [-0.25, -0.2) is 9.59 Å². The molecule has 1 aliphatic carbocycles. The Morgan fingerprint density at radius 1 is 1.44 bits per heavy atom. The minimum absolute atomic E-state index is 0.0958. The van der Waals surface area contributed by atoms with Crippen molar-refractivity contribution < 1.29 is 33.6 Å². The van der Waals surface area contributed by atoms with Crippen LogP contribution in [0.2, 0.25) is 0 Å². The van der Waals surface area contributed by atoms with Crippen molar-refractivity contribution in [3.63, 3.8) is 0 Å². The van der Waals surface area contributed by atoms with Crippen LogP contribution in [0.25, 0.3) is 0 Å². The van der Waals surface area contributed by atoms with E-state index in [0.717, 1.165) is 18.4 Å². The maximum absolute atomic E-state index is 12.7. The fraction of sp³-hybridized carbons (Fsp3) is 0.700. The lowest BCUT2D eigenvalue weighted by atomic mass is 9.82. The van der Waals surface area contributed by atoms with Crippen molar-refractivity contribution in [1.29, 1.82) is 0 Å². The van der Waals surface area contributed by atoms with Gasteiger partial charge in [0.1, 0.15) is 17.8 Å². The maximum atomic E-state index is 12.7. The van der Waals surface area contributed by atoms with Crippen LogP contribution in [-0.2, 0) is 28.5 Å². The number of hydrogen-bond donors (Lipinski definition) is 1. The molecule has 0 saturated carbocycles. The number of hydrogen-bond acceptors (Lipinski definition) is 7. The predicted octanol–water partition coefficient (Wildman–Crippen LogP) is 1.43. The van der Waals surface area contributed by atoms with E-state index in [0.29, 0.717) is 0 Å². The second-order valence-electron chi connectivity index (χ2n) is 8.32. The molecule has 0 amide bonds. The van der Waals surface area contributed by atoms with Crippen LogP contribution in [0.15, 0.2) is 23.8 Å². The lowest BCUT2D eigenvalue weighted by molar-refractivity contribution is -0.159. The quantitative estimate of drug-likeness (QED) is 0.343. The summed E-state index contributed by atoms with van der Waals surface area (Å²) in [6, 6.07) is 0. The van der Waals surface area contributed by atoms with Crippen molar-refractivity contribution in [3.8, 4) is 0 Å². The molecule has 7 heteroatoms. The van der Waals surface area contributed by atoms with Crippen LogP contribution in [0.1, 0.15) is 40.0 Å². The third-order valence-corrected chi connectivity index (χ3v) is 6.44. The minimum Gasteiger partial charge on any atom is -0.459 e. The van der Waals surface area contributed by atoms with Crippen molar-refractivity contribution in [2.24, 2.45) is 5.92 Å². The second-order valence-corrected chi connectivity index (χ2v) is 8.32. The highest BCUT2D eigenvalue weighted by Crippen LogP contribution is 2.48. The van der Waals surface area contributed by atoms with Gasteiger partial charge < -0.3 is 24.1 Å². The molecule has 0 aromatic heterocycles. The number of epoxide rings is 2. The molecule has 3 aliphatic heterocycles. The van der Waals surface area contributed by atoms with E-state index in [2.05, 4.69) is 6.58 Å². The number of ether oxygens (including phenoxy) is 4. The largest absolute Gasteiger partial charge is 0.459 e. The van der Waals surface area contributed by atoms with E-state index in [9.17, 15) is 14.7 Å². The Hall–Kier alpha value is -1.70. The van der Waals surface area contributed by atoms with Crippen molar-refractivity contribution in [2.75, 3.05) is 6.61 Å². The molecule has 0 aromatic rings. The highest BCUT2D eigenvalue weighted by molar-refractivity contribution is 5.91. The van der Waals surface area contributed by atoms with Gasteiger partial charge in [0, 0.05) is 12.0 Å². The molecule has 7 nitrogen and oxygen atoms in total. The van der Waals surface area contributed by atoms with E-state index < -0.39 is 41.3 Å². The molecular weight excluding hydrogens is 352 g/mol. The van der Waals surface area contributed by atoms with E-state index >= 15 is 0 Å². The zero-order chi connectivity index (χ0) is 19.6. The van der Waals surface area contributed by atoms with Gasteiger partial charge in [0.2, 0.25) is 0 Å². The fourth-order valence-corrected chi connectivity index (χ4v) is 4.24. The van der Waals surface area contributed by atoms with Crippen molar-refractivity contribution in [3.05, 3.63) is 23.8 Å². The zero-order valence-corrected chi connectivity index (χ0v) is 15.9. The normalized spacial score (nSPS) is 47.9.